The van der Waals surface area contributed by atoms with Crippen LogP contribution in [0.3, 0.4) is 0 Å². The molecule has 34 heavy (non-hydrogen) atoms. The number of urea groups is 1. The third-order valence-electron chi connectivity index (χ3n) is 5.54. The number of halogens is 1. The molecule has 0 bridgehead atoms. The Balaban J connectivity index is 1.43. The molecule has 1 aliphatic heterocycles. The van der Waals surface area contributed by atoms with Gasteiger partial charge < -0.3 is 10.4 Å². The molecule has 1 fully saturated rings. The highest BCUT2D eigenvalue weighted by molar-refractivity contribution is 7.18. The molecule has 3 aromatic rings. The maximum absolute atomic E-state index is 13.0. The first kappa shape index (κ1) is 24.1. The van der Waals surface area contributed by atoms with E-state index in [1.54, 1.807) is 23.2 Å². The zero-order valence-corrected chi connectivity index (χ0v) is 20.2. The van der Waals surface area contributed by atoms with Crippen molar-refractivity contribution >= 4 is 45.8 Å². The largest absolute Gasteiger partial charge is 0.481 e. The second kappa shape index (κ2) is 10.9. The average Bonchev–Trinajstić information content (AvgIpc) is 3.28. The van der Waals surface area contributed by atoms with Crippen molar-refractivity contribution in [3.63, 3.8) is 0 Å². The van der Waals surface area contributed by atoms with Crippen molar-refractivity contribution in [2.45, 2.75) is 26.3 Å². The lowest BCUT2D eigenvalue weighted by Gasteiger charge is -2.36. The summed E-state index contributed by atoms with van der Waals surface area (Å²) in [5.74, 6) is -0.995. The number of carboxylic acids is 1. The van der Waals surface area contributed by atoms with Crippen LogP contribution in [0.5, 0.6) is 0 Å². The maximum atomic E-state index is 13.0. The normalized spacial score (nSPS) is 13.9. The van der Waals surface area contributed by atoms with E-state index in [0.717, 1.165) is 24.0 Å². The van der Waals surface area contributed by atoms with Gasteiger partial charge in [0.05, 0.1) is 11.6 Å². The molecule has 0 saturated carbocycles. The Kier molecular flexibility index (Phi) is 7.71. The van der Waals surface area contributed by atoms with Gasteiger partial charge in [-0.1, -0.05) is 60.5 Å². The van der Waals surface area contributed by atoms with Gasteiger partial charge in [-0.25, -0.2) is 9.78 Å². The summed E-state index contributed by atoms with van der Waals surface area (Å²) in [4.78, 5) is 31.6. The first-order chi connectivity index (χ1) is 16.4. The first-order valence-corrected chi connectivity index (χ1v) is 12.2. The third-order valence-corrected chi connectivity index (χ3v) is 6.84. The highest BCUT2D eigenvalue weighted by atomic mass is 35.5. The van der Waals surface area contributed by atoms with Crippen LogP contribution in [0.1, 0.15) is 25.3 Å². The molecule has 11 heteroatoms. The van der Waals surface area contributed by atoms with Crippen molar-refractivity contribution in [1.29, 1.82) is 0 Å². The molecule has 4 rings (SSSR count). The average molecular weight is 501 g/mol. The molecular weight excluding hydrogens is 476 g/mol. The van der Waals surface area contributed by atoms with Gasteiger partial charge >= 0.3 is 12.0 Å². The van der Waals surface area contributed by atoms with Crippen LogP contribution in [-0.4, -0.2) is 56.8 Å². The van der Waals surface area contributed by atoms with Crippen LogP contribution in [0.2, 0.25) is 5.15 Å². The van der Waals surface area contributed by atoms with E-state index in [9.17, 15) is 9.59 Å². The summed E-state index contributed by atoms with van der Waals surface area (Å²) < 4.78 is 0. The summed E-state index contributed by atoms with van der Waals surface area (Å²) in [5.41, 5.74) is 2.45. The van der Waals surface area contributed by atoms with Crippen LogP contribution < -0.4 is 10.2 Å². The van der Waals surface area contributed by atoms with Crippen molar-refractivity contribution in [3.8, 4) is 10.6 Å². The van der Waals surface area contributed by atoms with Gasteiger partial charge in [-0.05, 0) is 24.1 Å². The molecule has 2 N–H and O–H groups in total. The highest BCUT2D eigenvalue weighted by Crippen LogP contribution is 2.30. The quantitative estimate of drug-likeness (QED) is 0.412. The van der Waals surface area contributed by atoms with E-state index in [-0.39, 0.29) is 17.1 Å². The van der Waals surface area contributed by atoms with E-state index in [2.05, 4.69) is 32.3 Å². The predicted octanol–water partition coefficient (Wildman–Crippen LogP) is 4.61. The van der Waals surface area contributed by atoms with Gasteiger partial charge in [-0.3, -0.25) is 14.6 Å². The molecule has 3 heterocycles. The van der Waals surface area contributed by atoms with Crippen molar-refractivity contribution < 1.29 is 14.7 Å². The van der Waals surface area contributed by atoms with Crippen molar-refractivity contribution in [3.05, 3.63) is 53.3 Å². The second-order valence-corrected chi connectivity index (χ2v) is 9.41. The van der Waals surface area contributed by atoms with E-state index in [1.165, 1.54) is 11.3 Å². The molecule has 2 aromatic heterocycles. The molecule has 178 valence electrons. The number of benzene rings is 1. The smallest absolute Gasteiger partial charge is 0.328 e. The molecule has 2 amide bonds. The lowest BCUT2D eigenvalue weighted by molar-refractivity contribution is -0.147. The Bertz CT molecular complexity index is 1150. The lowest BCUT2D eigenvalue weighted by Crippen LogP contribution is -2.49. The van der Waals surface area contributed by atoms with Crippen molar-refractivity contribution in [2.24, 2.45) is 5.92 Å². The van der Waals surface area contributed by atoms with Crippen LogP contribution in [-0.2, 0) is 11.3 Å². The van der Waals surface area contributed by atoms with Gasteiger partial charge in [0.1, 0.15) is 5.01 Å². The summed E-state index contributed by atoms with van der Waals surface area (Å²) in [6.45, 7) is 4.44. The van der Waals surface area contributed by atoms with Gasteiger partial charge in [0, 0.05) is 37.9 Å². The van der Waals surface area contributed by atoms with Crippen molar-refractivity contribution in [2.75, 3.05) is 29.9 Å². The molecule has 9 nitrogen and oxygen atoms in total. The predicted molar refractivity (Wildman–Crippen MR) is 132 cm³/mol. The van der Waals surface area contributed by atoms with E-state index in [4.69, 9.17) is 16.7 Å². The molecule has 0 radical (unpaired) electrons. The summed E-state index contributed by atoms with van der Waals surface area (Å²) in [7, 11) is 0. The Labute approximate surface area is 206 Å². The molecular formula is C23H25ClN6O3S. The number of hydrogen-bond acceptors (Lipinski definition) is 7. The number of hydrogen-bond donors (Lipinski definition) is 2. The minimum Gasteiger partial charge on any atom is -0.481 e. The molecule has 1 aliphatic rings. The number of carbonyl (C=O) groups excluding carboxylic acids is 1. The number of pyridine rings is 1. The first-order valence-electron chi connectivity index (χ1n) is 11.0. The van der Waals surface area contributed by atoms with Gasteiger partial charge in [-0.15, -0.1) is 10.2 Å². The highest BCUT2D eigenvalue weighted by Gasteiger charge is 2.32. The maximum Gasteiger partial charge on any atom is 0.328 e. The van der Waals surface area contributed by atoms with Crippen LogP contribution in [0.15, 0.2) is 42.6 Å². The third kappa shape index (κ3) is 5.69. The summed E-state index contributed by atoms with van der Waals surface area (Å²) in [6.07, 6.45) is 3.30. The van der Waals surface area contributed by atoms with Gasteiger partial charge in [0.2, 0.25) is 5.13 Å². The van der Waals surface area contributed by atoms with E-state index >= 15 is 0 Å². The Hall–Kier alpha value is -3.08. The zero-order valence-electron chi connectivity index (χ0n) is 18.6. The van der Waals surface area contributed by atoms with Crippen LogP contribution >= 0.6 is 22.9 Å². The standard InChI is InChI=1S/C23H25ClN6O3S/c1-2-3-11-30(22(33)26-18-5-4-10-25-19(18)24)23-28-27-20(34-23)16-8-6-15(7-9-16)12-29-13-17(14-29)21(31)32/h4-10,17H,2-3,11-14H2,1H3,(H,26,33)(H,31,32). The number of anilines is 2. The molecule has 0 unspecified atom stereocenters. The minimum absolute atomic E-state index is 0.223. The van der Waals surface area contributed by atoms with Gasteiger partial charge in [-0.2, -0.15) is 0 Å². The lowest BCUT2D eigenvalue weighted by atomic mass is 9.99. The number of unbranched alkanes of at least 4 members (excludes halogenated alkanes) is 1. The molecule has 0 atom stereocenters. The number of rotatable bonds is 9. The number of aromatic nitrogens is 3. The number of aliphatic carboxylic acids is 1. The monoisotopic (exact) mass is 500 g/mol. The number of nitrogens with zero attached hydrogens (tertiary/aromatic N) is 5. The number of nitrogens with one attached hydrogen (secondary N) is 1. The van der Waals surface area contributed by atoms with Crippen LogP contribution in [0, 0.1) is 5.92 Å². The number of likely N-dealkylation sites (tertiary alicyclic amines) is 1. The van der Waals surface area contributed by atoms with Crippen molar-refractivity contribution in [1.82, 2.24) is 20.1 Å². The molecule has 0 aliphatic carbocycles. The fraction of sp³-hybridized carbons (Fsp3) is 0.348. The van der Waals surface area contributed by atoms with Crippen LogP contribution in [0.25, 0.3) is 10.6 Å². The van der Waals surface area contributed by atoms with Gasteiger partial charge in [0.15, 0.2) is 5.15 Å². The summed E-state index contributed by atoms with van der Waals surface area (Å²) in [5, 5.41) is 21.8. The van der Waals surface area contributed by atoms with E-state index in [1.807, 2.05) is 24.3 Å². The Morgan fingerprint density at radius 3 is 2.68 bits per heavy atom. The molecule has 1 saturated heterocycles. The number of amides is 2. The number of carbonyl (C=O) groups is 2. The Morgan fingerprint density at radius 1 is 1.24 bits per heavy atom. The van der Waals surface area contributed by atoms with E-state index in [0.29, 0.717) is 42.0 Å². The fourth-order valence-electron chi connectivity index (χ4n) is 3.57. The fourth-order valence-corrected chi connectivity index (χ4v) is 4.61. The molecule has 1 aromatic carbocycles. The minimum atomic E-state index is -0.733. The SMILES string of the molecule is CCCCN(C(=O)Nc1cccnc1Cl)c1nnc(-c2ccc(CN3CC(C(=O)O)C3)cc2)s1. The van der Waals surface area contributed by atoms with Crippen LogP contribution in [0.4, 0.5) is 15.6 Å². The molecule has 0 spiro atoms. The summed E-state index contributed by atoms with van der Waals surface area (Å²) >= 11 is 7.43. The van der Waals surface area contributed by atoms with Gasteiger partial charge in [0.25, 0.3) is 0 Å². The second-order valence-electron chi connectivity index (χ2n) is 8.09. The number of carboxylic acid groups (broad SMARTS) is 1. The Morgan fingerprint density at radius 2 is 2.00 bits per heavy atom. The zero-order chi connectivity index (χ0) is 24.1. The topological polar surface area (TPSA) is 112 Å². The van der Waals surface area contributed by atoms with E-state index < -0.39 is 5.97 Å². The summed E-state index contributed by atoms with van der Waals surface area (Å²) in [6, 6.07) is 11.0.